The number of aliphatic imine (C=N–C) groups is 1. The second kappa shape index (κ2) is 9.92. The van der Waals surface area contributed by atoms with Crippen LogP contribution >= 0.6 is 24.0 Å². The van der Waals surface area contributed by atoms with Crippen molar-refractivity contribution < 1.29 is 4.74 Å². The number of guanidine groups is 1. The highest BCUT2D eigenvalue weighted by Gasteiger charge is 2.21. The number of hydrogen-bond acceptors (Lipinski definition) is 2. The molecule has 0 aliphatic heterocycles. The zero-order chi connectivity index (χ0) is 15.9. The molecule has 0 amide bonds. The summed E-state index contributed by atoms with van der Waals surface area (Å²) in [6.45, 7) is 10.5. The average molecular weight is 419 g/mol. The van der Waals surface area contributed by atoms with E-state index < -0.39 is 0 Å². The first-order valence-corrected chi connectivity index (χ1v) is 7.48. The van der Waals surface area contributed by atoms with Crippen molar-refractivity contribution >= 4 is 29.9 Å². The molecular formula is C17H30IN3O. The third-order valence-electron chi connectivity index (χ3n) is 3.45. The summed E-state index contributed by atoms with van der Waals surface area (Å²) in [5, 5.41) is 6.73. The van der Waals surface area contributed by atoms with Crippen LogP contribution in [0.3, 0.4) is 0 Å². The third kappa shape index (κ3) is 6.85. The van der Waals surface area contributed by atoms with E-state index in [1.807, 2.05) is 12.1 Å². The van der Waals surface area contributed by atoms with Gasteiger partial charge in [-0.2, -0.15) is 0 Å². The van der Waals surface area contributed by atoms with Crippen molar-refractivity contribution in [3.63, 3.8) is 0 Å². The minimum atomic E-state index is -0.00993. The summed E-state index contributed by atoms with van der Waals surface area (Å²) in [6, 6.07) is 8.22. The molecule has 1 aromatic carbocycles. The molecule has 0 aliphatic carbocycles. The molecule has 0 spiro atoms. The van der Waals surface area contributed by atoms with Crippen molar-refractivity contribution in [3.8, 4) is 5.75 Å². The number of ether oxygens (including phenoxy) is 1. The lowest BCUT2D eigenvalue weighted by Crippen LogP contribution is -2.44. The van der Waals surface area contributed by atoms with Crippen LogP contribution in [-0.2, 0) is 5.41 Å². The molecule has 126 valence electrons. The fourth-order valence-electron chi connectivity index (χ4n) is 1.97. The quantitative estimate of drug-likeness (QED) is 0.422. The van der Waals surface area contributed by atoms with Gasteiger partial charge in [-0.3, -0.25) is 4.99 Å². The normalized spacial score (nSPS) is 11.9. The minimum absolute atomic E-state index is 0. The first kappa shape index (κ1) is 21.0. The summed E-state index contributed by atoms with van der Waals surface area (Å²) in [5.74, 6) is 2.33. The van der Waals surface area contributed by atoms with Crippen molar-refractivity contribution in [2.45, 2.75) is 33.1 Å². The third-order valence-corrected chi connectivity index (χ3v) is 3.45. The number of halogens is 1. The van der Waals surface area contributed by atoms with E-state index in [0.29, 0.717) is 5.92 Å². The molecule has 0 fully saturated rings. The molecule has 22 heavy (non-hydrogen) atoms. The van der Waals surface area contributed by atoms with Crippen LogP contribution in [0.25, 0.3) is 0 Å². The maximum absolute atomic E-state index is 5.31. The molecule has 5 heteroatoms. The topological polar surface area (TPSA) is 45.7 Å². The second-order valence-corrected chi connectivity index (χ2v) is 6.32. The number of hydrogen-bond donors (Lipinski definition) is 2. The van der Waals surface area contributed by atoms with E-state index in [1.165, 1.54) is 5.56 Å². The fraction of sp³-hybridized carbons (Fsp3) is 0.588. The van der Waals surface area contributed by atoms with Crippen molar-refractivity contribution in [1.29, 1.82) is 0 Å². The van der Waals surface area contributed by atoms with Crippen LogP contribution in [0.2, 0.25) is 0 Å². The van der Waals surface area contributed by atoms with Gasteiger partial charge in [-0.1, -0.05) is 39.8 Å². The van der Waals surface area contributed by atoms with Crippen LogP contribution in [0.15, 0.2) is 29.3 Å². The van der Waals surface area contributed by atoms with Gasteiger partial charge < -0.3 is 15.4 Å². The fourth-order valence-corrected chi connectivity index (χ4v) is 1.97. The lowest BCUT2D eigenvalue weighted by Gasteiger charge is -2.27. The van der Waals surface area contributed by atoms with Crippen LogP contribution in [0.4, 0.5) is 0 Å². The Balaban J connectivity index is 0.00000441. The summed E-state index contributed by atoms with van der Waals surface area (Å²) < 4.78 is 5.31. The van der Waals surface area contributed by atoms with Crippen molar-refractivity contribution in [2.24, 2.45) is 10.9 Å². The summed E-state index contributed by atoms with van der Waals surface area (Å²) in [7, 11) is 3.50. The summed E-state index contributed by atoms with van der Waals surface area (Å²) >= 11 is 0. The molecule has 2 N–H and O–H groups in total. The van der Waals surface area contributed by atoms with E-state index in [9.17, 15) is 0 Å². The van der Waals surface area contributed by atoms with Crippen molar-refractivity contribution in [1.82, 2.24) is 10.6 Å². The Kier molecular flexibility index (Phi) is 9.48. The summed E-state index contributed by atoms with van der Waals surface area (Å²) in [6.07, 6.45) is 0. The predicted molar refractivity (Wildman–Crippen MR) is 106 cm³/mol. The number of methoxy groups -OCH3 is 1. The van der Waals surface area contributed by atoms with Crippen LogP contribution in [0, 0.1) is 5.92 Å². The summed E-state index contributed by atoms with van der Waals surface area (Å²) in [4.78, 5) is 4.26. The standard InChI is InChI=1S/C17H29N3O.HI/c1-13(2)11-19-16(18-5)20-12-17(3,4)14-8-7-9-15(10-14)21-6;/h7-10,13H,11-12H2,1-6H3,(H2,18,19,20);1H. The average Bonchev–Trinajstić information content (AvgIpc) is 2.47. The van der Waals surface area contributed by atoms with Gasteiger partial charge in [-0.25, -0.2) is 0 Å². The van der Waals surface area contributed by atoms with E-state index in [4.69, 9.17) is 4.74 Å². The lowest BCUT2D eigenvalue weighted by atomic mass is 9.84. The zero-order valence-corrected chi connectivity index (χ0v) is 16.9. The molecule has 4 nitrogen and oxygen atoms in total. The molecule has 0 saturated heterocycles. The van der Waals surface area contributed by atoms with Gasteiger partial charge in [0.05, 0.1) is 7.11 Å². The van der Waals surface area contributed by atoms with Gasteiger partial charge in [-0.05, 0) is 23.6 Å². The Morgan fingerprint density at radius 2 is 1.95 bits per heavy atom. The molecule has 0 saturated carbocycles. The largest absolute Gasteiger partial charge is 0.497 e. The molecule has 0 bridgehead atoms. The number of benzene rings is 1. The minimum Gasteiger partial charge on any atom is -0.497 e. The first-order valence-electron chi connectivity index (χ1n) is 7.48. The number of nitrogens with zero attached hydrogens (tertiary/aromatic N) is 1. The Morgan fingerprint density at radius 1 is 1.27 bits per heavy atom. The highest BCUT2D eigenvalue weighted by Crippen LogP contribution is 2.25. The second-order valence-electron chi connectivity index (χ2n) is 6.32. The van der Waals surface area contributed by atoms with Crippen molar-refractivity contribution in [3.05, 3.63) is 29.8 Å². The number of rotatable bonds is 6. The van der Waals surface area contributed by atoms with E-state index in [1.54, 1.807) is 14.2 Å². The maximum Gasteiger partial charge on any atom is 0.191 e. The van der Waals surface area contributed by atoms with Gasteiger partial charge in [0.25, 0.3) is 0 Å². The number of nitrogens with one attached hydrogen (secondary N) is 2. The molecule has 0 heterocycles. The Morgan fingerprint density at radius 3 is 2.50 bits per heavy atom. The van der Waals surface area contributed by atoms with Crippen LogP contribution in [0.1, 0.15) is 33.3 Å². The zero-order valence-electron chi connectivity index (χ0n) is 14.6. The molecule has 0 aromatic heterocycles. The Bertz CT molecular complexity index is 473. The van der Waals surface area contributed by atoms with Crippen LogP contribution in [-0.4, -0.2) is 33.2 Å². The van der Waals surface area contributed by atoms with Gasteiger partial charge in [0, 0.05) is 25.6 Å². The molecule has 1 aromatic rings. The molecule has 0 radical (unpaired) electrons. The highest BCUT2D eigenvalue weighted by atomic mass is 127. The Labute approximate surface area is 152 Å². The molecule has 0 atom stereocenters. The molecular weight excluding hydrogens is 389 g/mol. The highest BCUT2D eigenvalue weighted by molar-refractivity contribution is 14.0. The van der Waals surface area contributed by atoms with Gasteiger partial charge in [0.1, 0.15) is 5.75 Å². The molecule has 1 rings (SSSR count). The van der Waals surface area contributed by atoms with Gasteiger partial charge in [-0.15, -0.1) is 24.0 Å². The molecule has 0 unspecified atom stereocenters. The maximum atomic E-state index is 5.31. The smallest absolute Gasteiger partial charge is 0.191 e. The first-order chi connectivity index (χ1) is 9.89. The van der Waals surface area contributed by atoms with E-state index in [0.717, 1.165) is 24.8 Å². The van der Waals surface area contributed by atoms with Gasteiger partial charge in [0.15, 0.2) is 5.96 Å². The van der Waals surface area contributed by atoms with Gasteiger partial charge in [0.2, 0.25) is 0 Å². The summed E-state index contributed by atoms with van der Waals surface area (Å²) in [5.41, 5.74) is 1.23. The molecule has 0 aliphatic rings. The van der Waals surface area contributed by atoms with Crippen LogP contribution < -0.4 is 15.4 Å². The van der Waals surface area contributed by atoms with E-state index in [2.05, 4.69) is 55.5 Å². The lowest BCUT2D eigenvalue weighted by molar-refractivity contribution is 0.411. The monoisotopic (exact) mass is 419 g/mol. The van der Waals surface area contributed by atoms with Crippen molar-refractivity contribution in [2.75, 3.05) is 27.2 Å². The van der Waals surface area contributed by atoms with Gasteiger partial charge >= 0.3 is 0 Å². The van der Waals surface area contributed by atoms with Crippen LogP contribution in [0.5, 0.6) is 5.75 Å². The predicted octanol–water partition coefficient (Wildman–Crippen LogP) is 3.41. The Hall–Kier alpha value is -0.980. The van der Waals surface area contributed by atoms with E-state index in [-0.39, 0.29) is 29.4 Å². The van der Waals surface area contributed by atoms with E-state index >= 15 is 0 Å². The SMILES string of the molecule is CN=C(NCC(C)C)NCC(C)(C)c1cccc(OC)c1.I.